The molecule has 1 aliphatic heterocycles. The van der Waals surface area contributed by atoms with E-state index in [1.54, 1.807) is 16.4 Å². The Morgan fingerprint density at radius 1 is 1.24 bits per heavy atom. The first-order valence-electron chi connectivity index (χ1n) is 7.33. The normalized spacial score (nSPS) is 18.3. The Morgan fingerprint density at radius 3 is 2.29 bits per heavy atom. The van der Waals surface area contributed by atoms with Gasteiger partial charge in [-0.25, -0.2) is 12.8 Å². The summed E-state index contributed by atoms with van der Waals surface area (Å²) in [6.45, 7) is 4.94. The van der Waals surface area contributed by atoms with Crippen LogP contribution in [0.3, 0.4) is 0 Å². The molecule has 1 heterocycles. The topological polar surface area (TPSA) is 40.6 Å². The molecule has 0 aliphatic carbocycles. The van der Waals surface area contributed by atoms with Gasteiger partial charge in [-0.05, 0) is 30.5 Å². The van der Waals surface area contributed by atoms with Crippen LogP contribution in [0, 0.1) is 5.82 Å². The van der Waals surface area contributed by atoms with E-state index in [0.717, 1.165) is 38.0 Å². The van der Waals surface area contributed by atoms with E-state index in [0.29, 0.717) is 6.54 Å². The highest BCUT2D eigenvalue weighted by atomic mass is 32.2. The molecule has 0 radical (unpaired) electrons. The number of nitrogens with zero attached hydrogens (tertiary/aromatic N) is 2. The lowest BCUT2D eigenvalue weighted by molar-refractivity contribution is 0.156. The fourth-order valence-electron chi connectivity index (χ4n) is 2.98. The molecule has 0 unspecified atom stereocenters. The number of rotatable bonds is 5. The molecule has 0 N–H and O–H groups in total. The molecule has 0 spiro atoms. The first kappa shape index (κ1) is 16.4. The van der Waals surface area contributed by atoms with Gasteiger partial charge >= 0.3 is 0 Å². The van der Waals surface area contributed by atoms with Crippen molar-refractivity contribution in [2.24, 2.45) is 0 Å². The SMILES string of the molecule is CCN(C1CCN(Cc2ccc(F)cc2)CC1)S(C)(=O)=O. The van der Waals surface area contributed by atoms with E-state index in [-0.39, 0.29) is 11.9 Å². The maximum absolute atomic E-state index is 12.9. The smallest absolute Gasteiger partial charge is 0.211 e. The zero-order valence-electron chi connectivity index (χ0n) is 12.6. The Balaban J connectivity index is 1.89. The van der Waals surface area contributed by atoms with E-state index in [2.05, 4.69) is 4.90 Å². The molecule has 0 amide bonds. The van der Waals surface area contributed by atoms with Crippen molar-refractivity contribution in [1.82, 2.24) is 9.21 Å². The van der Waals surface area contributed by atoms with E-state index in [1.807, 2.05) is 6.92 Å². The number of hydrogen-bond acceptors (Lipinski definition) is 3. The quantitative estimate of drug-likeness (QED) is 0.835. The van der Waals surface area contributed by atoms with Crippen LogP contribution in [0.2, 0.25) is 0 Å². The van der Waals surface area contributed by atoms with Gasteiger partial charge in [0, 0.05) is 32.2 Å². The predicted octanol–water partition coefficient (Wildman–Crippen LogP) is 2.07. The van der Waals surface area contributed by atoms with Gasteiger partial charge < -0.3 is 0 Å². The Morgan fingerprint density at radius 2 is 1.81 bits per heavy atom. The third-order valence-corrected chi connectivity index (χ3v) is 5.43. The third kappa shape index (κ3) is 4.49. The average Bonchev–Trinajstić information content (AvgIpc) is 2.42. The molecular weight excluding hydrogens is 291 g/mol. The number of hydrogen-bond donors (Lipinski definition) is 0. The van der Waals surface area contributed by atoms with E-state index in [1.165, 1.54) is 18.4 Å². The Kier molecular flexibility index (Phi) is 5.35. The summed E-state index contributed by atoms with van der Waals surface area (Å²) in [7, 11) is -3.12. The average molecular weight is 314 g/mol. The van der Waals surface area contributed by atoms with E-state index >= 15 is 0 Å². The third-order valence-electron chi connectivity index (χ3n) is 4.02. The lowest BCUT2D eigenvalue weighted by Gasteiger charge is -2.36. The molecule has 0 saturated carbocycles. The van der Waals surface area contributed by atoms with Crippen molar-refractivity contribution in [3.8, 4) is 0 Å². The molecule has 1 saturated heterocycles. The molecule has 21 heavy (non-hydrogen) atoms. The van der Waals surface area contributed by atoms with Gasteiger partial charge in [0.05, 0.1) is 6.26 Å². The van der Waals surface area contributed by atoms with Gasteiger partial charge in [0.25, 0.3) is 0 Å². The molecule has 1 aliphatic rings. The lowest BCUT2D eigenvalue weighted by Crippen LogP contribution is -2.46. The summed E-state index contributed by atoms with van der Waals surface area (Å²) in [5.74, 6) is -0.218. The fraction of sp³-hybridized carbons (Fsp3) is 0.600. The zero-order valence-corrected chi connectivity index (χ0v) is 13.4. The van der Waals surface area contributed by atoms with Crippen LogP contribution >= 0.6 is 0 Å². The zero-order chi connectivity index (χ0) is 15.5. The standard InChI is InChI=1S/C15H23FN2O2S/c1-3-18(21(2,19)20)15-8-10-17(11-9-15)12-13-4-6-14(16)7-5-13/h4-7,15H,3,8-12H2,1-2H3. The van der Waals surface area contributed by atoms with Crippen molar-refractivity contribution in [2.75, 3.05) is 25.9 Å². The first-order valence-corrected chi connectivity index (χ1v) is 9.18. The van der Waals surface area contributed by atoms with Crippen molar-refractivity contribution in [3.63, 3.8) is 0 Å². The Labute approximate surface area is 126 Å². The number of benzene rings is 1. The Hall–Kier alpha value is -0.980. The van der Waals surface area contributed by atoms with Gasteiger partial charge in [-0.1, -0.05) is 19.1 Å². The number of sulfonamides is 1. The fourth-order valence-corrected chi connectivity index (χ4v) is 4.20. The van der Waals surface area contributed by atoms with E-state index in [4.69, 9.17) is 0 Å². The van der Waals surface area contributed by atoms with Gasteiger partial charge in [0.1, 0.15) is 5.82 Å². The summed E-state index contributed by atoms with van der Waals surface area (Å²) in [6.07, 6.45) is 2.98. The summed E-state index contributed by atoms with van der Waals surface area (Å²) >= 11 is 0. The molecule has 4 nitrogen and oxygen atoms in total. The summed E-state index contributed by atoms with van der Waals surface area (Å²) in [4.78, 5) is 2.29. The largest absolute Gasteiger partial charge is 0.299 e. The van der Waals surface area contributed by atoms with Crippen molar-refractivity contribution in [2.45, 2.75) is 32.4 Å². The molecule has 6 heteroatoms. The molecule has 1 fully saturated rings. The van der Waals surface area contributed by atoms with Crippen molar-refractivity contribution < 1.29 is 12.8 Å². The van der Waals surface area contributed by atoms with Crippen LogP contribution in [0.1, 0.15) is 25.3 Å². The molecule has 0 aromatic heterocycles. The van der Waals surface area contributed by atoms with Gasteiger partial charge in [-0.15, -0.1) is 0 Å². The molecule has 1 aromatic carbocycles. The van der Waals surface area contributed by atoms with Gasteiger partial charge in [-0.3, -0.25) is 4.90 Å². The van der Waals surface area contributed by atoms with Crippen molar-refractivity contribution in [1.29, 1.82) is 0 Å². The first-order chi connectivity index (χ1) is 9.90. The second kappa shape index (κ2) is 6.85. The second-order valence-corrected chi connectivity index (χ2v) is 7.54. The van der Waals surface area contributed by atoms with Crippen LogP contribution in [0.15, 0.2) is 24.3 Å². The summed E-state index contributed by atoms with van der Waals surface area (Å²) in [5, 5.41) is 0. The molecule has 0 atom stereocenters. The van der Waals surface area contributed by atoms with E-state index < -0.39 is 10.0 Å². The highest BCUT2D eigenvalue weighted by Gasteiger charge is 2.28. The highest BCUT2D eigenvalue weighted by Crippen LogP contribution is 2.20. The minimum atomic E-state index is -3.12. The maximum atomic E-state index is 12.9. The van der Waals surface area contributed by atoms with Crippen LogP contribution < -0.4 is 0 Å². The van der Waals surface area contributed by atoms with Crippen LogP contribution in [0.5, 0.6) is 0 Å². The molecule has 0 bridgehead atoms. The van der Waals surface area contributed by atoms with Gasteiger partial charge in [0.15, 0.2) is 0 Å². The van der Waals surface area contributed by atoms with Crippen molar-refractivity contribution in [3.05, 3.63) is 35.6 Å². The second-order valence-electron chi connectivity index (χ2n) is 5.60. The number of likely N-dealkylation sites (tertiary alicyclic amines) is 1. The van der Waals surface area contributed by atoms with E-state index in [9.17, 15) is 12.8 Å². The van der Waals surface area contributed by atoms with Crippen LogP contribution in [-0.4, -0.2) is 49.6 Å². The van der Waals surface area contributed by atoms with Crippen LogP contribution in [-0.2, 0) is 16.6 Å². The monoisotopic (exact) mass is 314 g/mol. The highest BCUT2D eigenvalue weighted by molar-refractivity contribution is 7.88. The minimum Gasteiger partial charge on any atom is -0.299 e. The van der Waals surface area contributed by atoms with Crippen molar-refractivity contribution >= 4 is 10.0 Å². The summed E-state index contributed by atoms with van der Waals surface area (Å²) in [6, 6.07) is 6.66. The van der Waals surface area contributed by atoms with Crippen LogP contribution in [0.25, 0.3) is 0 Å². The summed E-state index contributed by atoms with van der Waals surface area (Å²) < 4.78 is 38.0. The molecular formula is C15H23FN2O2S. The Bertz CT molecular complexity index is 552. The number of piperidine rings is 1. The molecule has 1 aromatic rings. The van der Waals surface area contributed by atoms with Gasteiger partial charge in [0.2, 0.25) is 10.0 Å². The molecule has 2 rings (SSSR count). The predicted molar refractivity (Wildman–Crippen MR) is 81.9 cm³/mol. The number of halogens is 1. The summed E-state index contributed by atoms with van der Waals surface area (Å²) in [5.41, 5.74) is 1.09. The minimum absolute atomic E-state index is 0.106. The van der Waals surface area contributed by atoms with Crippen LogP contribution in [0.4, 0.5) is 4.39 Å². The maximum Gasteiger partial charge on any atom is 0.211 e. The molecule has 118 valence electrons. The van der Waals surface area contributed by atoms with Gasteiger partial charge in [-0.2, -0.15) is 4.31 Å². The lowest BCUT2D eigenvalue weighted by atomic mass is 10.0.